The molecule has 6 heteroatoms. The van der Waals surface area contributed by atoms with Gasteiger partial charge in [-0.1, -0.05) is 19.8 Å². The van der Waals surface area contributed by atoms with Gasteiger partial charge in [-0.15, -0.1) is 0 Å². The van der Waals surface area contributed by atoms with E-state index in [1.165, 1.54) is 31.9 Å². The molecule has 2 fully saturated rings. The molecule has 1 N–H and O–H groups in total. The second-order valence-electron chi connectivity index (χ2n) is 6.57. The van der Waals surface area contributed by atoms with Crippen LogP contribution in [0, 0.1) is 5.92 Å². The largest absolute Gasteiger partial charge is 0.459 e. The zero-order valence-corrected chi connectivity index (χ0v) is 14.5. The van der Waals surface area contributed by atoms with E-state index in [1.807, 2.05) is 4.90 Å². The Kier molecular flexibility index (Phi) is 5.20. The minimum Gasteiger partial charge on any atom is -0.459 e. The zero-order chi connectivity index (χ0) is 16.2. The van der Waals surface area contributed by atoms with Crippen molar-refractivity contribution in [3.8, 4) is 0 Å². The third-order valence-corrected chi connectivity index (χ3v) is 5.38. The summed E-state index contributed by atoms with van der Waals surface area (Å²) in [6.45, 7) is 5.22. The van der Waals surface area contributed by atoms with Crippen LogP contribution >= 0.6 is 12.2 Å². The van der Waals surface area contributed by atoms with Gasteiger partial charge < -0.3 is 19.5 Å². The Morgan fingerprint density at radius 1 is 1.22 bits per heavy atom. The fraction of sp³-hybridized carbons (Fsp3) is 0.647. The first-order valence-electron chi connectivity index (χ1n) is 8.53. The average molecular weight is 335 g/mol. The number of nitrogens with one attached hydrogen (secondary N) is 1. The topological polar surface area (TPSA) is 48.7 Å². The van der Waals surface area contributed by atoms with Gasteiger partial charge in [0, 0.05) is 32.2 Å². The first kappa shape index (κ1) is 16.3. The van der Waals surface area contributed by atoms with Crippen LogP contribution in [0.25, 0.3) is 0 Å². The van der Waals surface area contributed by atoms with Gasteiger partial charge in [0.05, 0.1) is 6.26 Å². The summed E-state index contributed by atoms with van der Waals surface area (Å²) in [6.07, 6.45) is 6.65. The van der Waals surface area contributed by atoms with Crippen LogP contribution in [-0.2, 0) is 0 Å². The standard InChI is InChI=1S/C17H25N3O2S/c1-13-5-2-3-6-14(13)18-17(23)20-10-8-19(9-11-20)16(21)15-7-4-12-22-15/h4,7,12-14H,2-3,5-6,8-11H2,1H3,(H,18,23)/t13-,14-/m1/s1. The predicted molar refractivity (Wildman–Crippen MR) is 93.3 cm³/mol. The monoisotopic (exact) mass is 335 g/mol. The summed E-state index contributed by atoms with van der Waals surface area (Å²) in [5.41, 5.74) is 0. The lowest BCUT2D eigenvalue weighted by Gasteiger charge is -2.38. The second kappa shape index (κ2) is 7.34. The van der Waals surface area contributed by atoms with Crippen molar-refractivity contribution in [2.45, 2.75) is 38.6 Å². The number of piperazine rings is 1. The van der Waals surface area contributed by atoms with Gasteiger partial charge in [0.25, 0.3) is 5.91 Å². The van der Waals surface area contributed by atoms with E-state index in [1.54, 1.807) is 12.1 Å². The molecule has 2 atom stereocenters. The molecule has 1 aromatic rings. The molecular formula is C17H25N3O2S. The van der Waals surface area contributed by atoms with E-state index in [-0.39, 0.29) is 5.91 Å². The van der Waals surface area contributed by atoms with Gasteiger partial charge in [0.2, 0.25) is 0 Å². The molecule has 3 rings (SSSR count). The highest BCUT2D eigenvalue weighted by molar-refractivity contribution is 7.80. The summed E-state index contributed by atoms with van der Waals surface area (Å²) in [7, 11) is 0. The third-order valence-electron chi connectivity index (χ3n) is 5.01. The van der Waals surface area contributed by atoms with Crippen molar-refractivity contribution in [1.82, 2.24) is 15.1 Å². The number of nitrogens with zero attached hydrogens (tertiary/aromatic N) is 2. The van der Waals surface area contributed by atoms with Crippen molar-refractivity contribution in [1.29, 1.82) is 0 Å². The molecule has 0 spiro atoms. The van der Waals surface area contributed by atoms with E-state index >= 15 is 0 Å². The molecule has 1 saturated carbocycles. The molecule has 0 radical (unpaired) electrons. The third kappa shape index (κ3) is 3.86. The fourth-order valence-corrected chi connectivity index (χ4v) is 3.78. The van der Waals surface area contributed by atoms with Crippen LogP contribution in [-0.4, -0.2) is 53.0 Å². The SMILES string of the molecule is C[C@@H]1CCCC[C@H]1NC(=S)N1CCN(C(=O)c2ccco2)CC1. The van der Waals surface area contributed by atoms with Gasteiger partial charge in [0.15, 0.2) is 10.9 Å². The molecule has 1 aromatic heterocycles. The van der Waals surface area contributed by atoms with E-state index in [4.69, 9.17) is 16.6 Å². The fourth-order valence-electron chi connectivity index (χ4n) is 3.45. The van der Waals surface area contributed by atoms with Crippen molar-refractivity contribution in [2.75, 3.05) is 26.2 Å². The summed E-state index contributed by atoms with van der Waals surface area (Å²) in [5.74, 6) is 1.06. The highest BCUT2D eigenvalue weighted by Gasteiger charge is 2.27. The Hall–Kier alpha value is -1.56. The number of hydrogen-bond acceptors (Lipinski definition) is 3. The molecule has 2 aliphatic rings. The molecule has 126 valence electrons. The van der Waals surface area contributed by atoms with Crippen molar-refractivity contribution >= 4 is 23.2 Å². The van der Waals surface area contributed by atoms with Crippen LogP contribution in [0.1, 0.15) is 43.2 Å². The lowest BCUT2D eigenvalue weighted by atomic mass is 9.86. The number of thiocarbonyl (C=S) groups is 1. The van der Waals surface area contributed by atoms with Crippen LogP contribution in [0.5, 0.6) is 0 Å². The Morgan fingerprint density at radius 2 is 1.91 bits per heavy atom. The maximum atomic E-state index is 12.3. The van der Waals surface area contributed by atoms with Crippen molar-refractivity contribution in [3.63, 3.8) is 0 Å². The molecule has 1 aliphatic carbocycles. The van der Waals surface area contributed by atoms with Crippen molar-refractivity contribution in [3.05, 3.63) is 24.2 Å². The Labute approximate surface area is 143 Å². The Morgan fingerprint density at radius 3 is 2.57 bits per heavy atom. The van der Waals surface area contributed by atoms with E-state index in [2.05, 4.69) is 17.1 Å². The van der Waals surface area contributed by atoms with Crippen LogP contribution < -0.4 is 5.32 Å². The van der Waals surface area contributed by atoms with E-state index in [0.29, 0.717) is 30.8 Å². The maximum absolute atomic E-state index is 12.3. The van der Waals surface area contributed by atoms with Crippen LogP contribution in [0.4, 0.5) is 0 Å². The number of furan rings is 1. The first-order valence-corrected chi connectivity index (χ1v) is 8.94. The maximum Gasteiger partial charge on any atom is 0.289 e. The van der Waals surface area contributed by atoms with Gasteiger partial charge in [-0.05, 0) is 43.1 Å². The number of carbonyl (C=O) groups is 1. The van der Waals surface area contributed by atoms with E-state index < -0.39 is 0 Å². The van der Waals surface area contributed by atoms with Crippen molar-refractivity contribution in [2.24, 2.45) is 5.92 Å². The summed E-state index contributed by atoms with van der Waals surface area (Å²) in [6, 6.07) is 3.96. The molecule has 0 bridgehead atoms. The minimum atomic E-state index is -0.0329. The lowest BCUT2D eigenvalue weighted by molar-refractivity contribution is 0.0658. The first-order chi connectivity index (χ1) is 11.1. The van der Waals surface area contributed by atoms with E-state index in [0.717, 1.165) is 18.2 Å². The normalized spacial score (nSPS) is 25.3. The van der Waals surface area contributed by atoms with Gasteiger partial charge in [-0.25, -0.2) is 0 Å². The predicted octanol–water partition coefficient (Wildman–Crippen LogP) is 2.49. The average Bonchev–Trinajstić information content (AvgIpc) is 3.11. The molecule has 1 amide bonds. The highest BCUT2D eigenvalue weighted by Crippen LogP contribution is 2.24. The smallest absolute Gasteiger partial charge is 0.289 e. The van der Waals surface area contributed by atoms with Gasteiger partial charge in [0.1, 0.15) is 0 Å². The highest BCUT2D eigenvalue weighted by atomic mass is 32.1. The molecule has 2 heterocycles. The second-order valence-corrected chi connectivity index (χ2v) is 6.96. The quantitative estimate of drug-likeness (QED) is 0.842. The molecule has 5 nitrogen and oxygen atoms in total. The summed E-state index contributed by atoms with van der Waals surface area (Å²) < 4.78 is 5.19. The summed E-state index contributed by atoms with van der Waals surface area (Å²) in [5, 5.41) is 4.39. The van der Waals surface area contributed by atoms with Crippen LogP contribution in [0.15, 0.2) is 22.8 Å². The van der Waals surface area contributed by atoms with Crippen LogP contribution in [0.2, 0.25) is 0 Å². The Balaban J connectivity index is 1.48. The zero-order valence-electron chi connectivity index (χ0n) is 13.7. The van der Waals surface area contributed by atoms with Gasteiger partial charge >= 0.3 is 0 Å². The summed E-state index contributed by atoms with van der Waals surface area (Å²) >= 11 is 5.58. The molecule has 0 aromatic carbocycles. The molecule has 1 saturated heterocycles. The molecule has 23 heavy (non-hydrogen) atoms. The molecule has 1 aliphatic heterocycles. The van der Waals surface area contributed by atoms with E-state index in [9.17, 15) is 4.79 Å². The van der Waals surface area contributed by atoms with Gasteiger partial charge in [-0.2, -0.15) is 0 Å². The lowest BCUT2D eigenvalue weighted by Crippen LogP contribution is -2.55. The number of rotatable bonds is 2. The van der Waals surface area contributed by atoms with Crippen LogP contribution in [0.3, 0.4) is 0 Å². The molecule has 0 unspecified atom stereocenters. The molecular weight excluding hydrogens is 310 g/mol. The summed E-state index contributed by atoms with van der Waals surface area (Å²) in [4.78, 5) is 16.3. The Bertz CT molecular complexity index is 538. The number of amides is 1. The number of hydrogen-bond donors (Lipinski definition) is 1. The minimum absolute atomic E-state index is 0.0329. The van der Waals surface area contributed by atoms with Gasteiger partial charge in [-0.3, -0.25) is 4.79 Å². The number of carbonyl (C=O) groups excluding carboxylic acids is 1. The van der Waals surface area contributed by atoms with Crippen molar-refractivity contribution < 1.29 is 9.21 Å².